The molecular formula is C14H15N3O3S2. The first-order valence-electron chi connectivity index (χ1n) is 6.63. The van der Waals surface area contributed by atoms with Crippen molar-refractivity contribution in [3.8, 4) is 0 Å². The molecule has 3 aromatic rings. The lowest BCUT2D eigenvalue weighted by Crippen LogP contribution is -2.27. The Kier molecular flexibility index (Phi) is 3.75. The van der Waals surface area contributed by atoms with Crippen LogP contribution in [0.1, 0.15) is 16.5 Å². The fourth-order valence-corrected chi connectivity index (χ4v) is 4.78. The molecule has 116 valence electrons. The standard InChI is InChI=1S/C14H15N3O3S2/c1-9-14(10(2)20-16-9)22(18,19)17(3)8-13-15-11-6-4-5-7-12(11)21-13/h4-7H,8H2,1-3H3. The highest BCUT2D eigenvalue weighted by Gasteiger charge is 2.29. The van der Waals surface area contributed by atoms with Crippen molar-refractivity contribution in [2.24, 2.45) is 0 Å². The van der Waals surface area contributed by atoms with E-state index in [9.17, 15) is 8.42 Å². The minimum Gasteiger partial charge on any atom is -0.360 e. The third-order valence-corrected chi connectivity index (χ3v) is 6.40. The van der Waals surface area contributed by atoms with Gasteiger partial charge in [0.2, 0.25) is 10.0 Å². The van der Waals surface area contributed by atoms with Crippen LogP contribution in [0.4, 0.5) is 0 Å². The van der Waals surface area contributed by atoms with E-state index in [1.807, 2.05) is 24.3 Å². The summed E-state index contributed by atoms with van der Waals surface area (Å²) in [6, 6.07) is 7.74. The molecule has 3 rings (SSSR count). The number of thiazole rings is 1. The second-order valence-electron chi connectivity index (χ2n) is 4.99. The molecule has 2 aromatic heterocycles. The molecular weight excluding hydrogens is 322 g/mol. The van der Waals surface area contributed by atoms with Crippen molar-refractivity contribution in [2.45, 2.75) is 25.3 Å². The molecule has 0 aliphatic rings. The summed E-state index contributed by atoms with van der Waals surface area (Å²) in [4.78, 5) is 4.60. The van der Waals surface area contributed by atoms with E-state index in [4.69, 9.17) is 4.52 Å². The van der Waals surface area contributed by atoms with Crippen molar-refractivity contribution in [3.63, 3.8) is 0 Å². The fraction of sp³-hybridized carbons (Fsp3) is 0.286. The van der Waals surface area contributed by atoms with Crippen LogP contribution in [0.3, 0.4) is 0 Å². The Morgan fingerprint density at radius 3 is 2.64 bits per heavy atom. The van der Waals surface area contributed by atoms with Gasteiger partial charge in [-0.25, -0.2) is 13.4 Å². The van der Waals surface area contributed by atoms with Gasteiger partial charge in [-0.3, -0.25) is 0 Å². The second-order valence-corrected chi connectivity index (χ2v) is 8.09. The van der Waals surface area contributed by atoms with E-state index < -0.39 is 10.0 Å². The van der Waals surface area contributed by atoms with E-state index in [0.29, 0.717) is 11.5 Å². The Labute approximate surface area is 132 Å². The van der Waals surface area contributed by atoms with Crippen LogP contribution in [-0.4, -0.2) is 29.9 Å². The summed E-state index contributed by atoms with van der Waals surface area (Å²) in [5, 5.41) is 4.46. The highest BCUT2D eigenvalue weighted by molar-refractivity contribution is 7.89. The Morgan fingerprint density at radius 1 is 1.27 bits per heavy atom. The van der Waals surface area contributed by atoms with Gasteiger partial charge in [-0.15, -0.1) is 11.3 Å². The average Bonchev–Trinajstić information content (AvgIpc) is 3.01. The first-order chi connectivity index (χ1) is 10.4. The van der Waals surface area contributed by atoms with Gasteiger partial charge in [-0.05, 0) is 26.0 Å². The molecule has 0 amide bonds. The molecule has 0 spiro atoms. The second kappa shape index (κ2) is 5.45. The van der Waals surface area contributed by atoms with Gasteiger partial charge >= 0.3 is 0 Å². The minimum absolute atomic E-state index is 0.135. The topological polar surface area (TPSA) is 76.3 Å². The number of hydrogen-bond acceptors (Lipinski definition) is 6. The van der Waals surface area contributed by atoms with Crippen molar-refractivity contribution in [1.29, 1.82) is 0 Å². The quantitative estimate of drug-likeness (QED) is 0.731. The number of hydrogen-bond donors (Lipinski definition) is 0. The van der Waals surface area contributed by atoms with E-state index in [1.54, 1.807) is 13.8 Å². The zero-order valence-electron chi connectivity index (χ0n) is 12.4. The predicted octanol–water partition coefficient (Wildman–Crippen LogP) is 2.72. The van der Waals surface area contributed by atoms with Crippen LogP contribution in [0.2, 0.25) is 0 Å². The Hall–Kier alpha value is -1.77. The van der Waals surface area contributed by atoms with Crippen LogP contribution >= 0.6 is 11.3 Å². The third kappa shape index (κ3) is 2.53. The highest BCUT2D eigenvalue weighted by Crippen LogP contribution is 2.26. The summed E-state index contributed by atoms with van der Waals surface area (Å²) < 4.78 is 32.6. The molecule has 0 N–H and O–H groups in total. The molecule has 0 atom stereocenters. The number of para-hydroxylation sites is 1. The number of fused-ring (bicyclic) bond motifs is 1. The van der Waals surface area contributed by atoms with Gasteiger partial charge in [0, 0.05) is 7.05 Å². The van der Waals surface area contributed by atoms with Crippen LogP contribution in [0.5, 0.6) is 0 Å². The summed E-state index contributed by atoms with van der Waals surface area (Å²) >= 11 is 1.49. The van der Waals surface area contributed by atoms with Gasteiger partial charge in [0.15, 0.2) is 5.76 Å². The first kappa shape index (κ1) is 15.1. The molecule has 22 heavy (non-hydrogen) atoms. The normalized spacial score (nSPS) is 12.4. The Bertz CT molecular complexity index is 875. The molecule has 1 aromatic carbocycles. The molecule has 0 unspecified atom stereocenters. The van der Waals surface area contributed by atoms with Crippen molar-refractivity contribution in [3.05, 3.63) is 40.7 Å². The van der Waals surface area contributed by atoms with Crippen molar-refractivity contribution < 1.29 is 12.9 Å². The minimum atomic E-state index is -3.65. The largest absolute Gasteiger partial charge is 0.360 e. The van der Waals surface area contributed by atoms with Crippen LogP contribution < -0.4 is 0 Å². The molecule has 0 aliphatic carbocycles. The monoisotopic (exact) mass is 337 g/mol. The van der Waals surface area contributed by atoms with Gasteiger partial charge in [0.05, 0.1) is 16.8 Å². The van der Waals surface area contributed by atoms with E-state index in [2.05, 4.69) is 10.1 Å². The summed E-state index contributed by atoms with van der Waals surface area (Å²) in [5.74, 6) is 0.300. The number of aryl methyl sites for hydroxylation is 2. The third-order valence-electron chi connectivity index (χ3n) is 3.33. The zero-order chi connectivity index (χ0) is 15.9. The molecule has 0 radical (unpaired) electrons. The van der Waals surface area contributed by atoms with Gasteiger partial charge in [0.1, 0.15) is 15.6 Å². The van der Waals surface area contributed by atoms with Gasteiger partial charge in [-0.1, -0.05) is 17.3 Å². The Balaban J connectivity index is 1.92. The molecule has 2 heterocycles. The molecule has 0 saturated heterocycles. The van der Waals surface area contributed by atoms with Crippen LogP contribution in [-0.2, 0) is 16.6 Å². The van der Waals surface area contributed by atoms with Crippen molar-refractivity contribution >= 4 is 31.6 Å². The van der Waals surface area contributed by atoms with Gasteiger partial charge in [-0.2, -0.15) is 4.31 Å². The molecule has 0 saturated carbocycles. The number of benzene rings is 1. The summed E-state index contributed by atoms with van der Waals surface area (Å²) in [5.41, 5.74) is 1.25. The molecule has 0 aliphatic heterocycles. The lowest BCUT2D eigenvalue weighted by atomic mass is 10.3. The fourth-order valence-electron chi connectivity index (χ4n) is 2.26. The zero-order valence-corrected chi connectivity index (χ0v) is 14.0. The predicted molar refractivity (Wildman–Crippen MR) is 84.2 cm³/mol. The maximum Gasteiger partial charge on any atom is 0.248 e. The van der Waals surface area contributed by atoms with E-state index >= 15 is 0 Å². The maximum atomic E-state index is 12.7. The summed E-state index contributed by atoms with van der Waals surface area (Å²) in [7, 11) is -2.11. The van der Waals surface area contributed by atoms with E-state index in [0.717, 1.165) is 15.2 Å². The SMILES string of the molecule is Cc1noc(C)c1S(=O)(=O)N(C)Cc1nc2ccccc2s1. The van der Waals surface area contributed by atoms with Crippen molar-refractivity contribution in [2.75, 3.05) is 7.05 Å². The van der Waals surface area contributed by atoms with Crippen LogP contribution in [0, 0.1) is 13.8 Å². The van der Waals surface area contributed by atoms with Crippen LogP contribution in [0.15, 0.2) is 33.7 Å². The van der Waals surface area contributed by atoms with E-state index in [-0.39, 0.29) is 11.4 Å². The number of nitrogens with zero attached hydrogens (tertiary/aromatic N) is 3. The summed E-state index contributed by atoms with van der Waals surface area (Å²) in [6.07, 6.45) is 0. The molecule has 0 fully saturated rings. The van der Waals surface area contributed by atoms with E-state index in [1.165, 1.54) is 22.7 Å². The number of rotatable bonds is 4. The maximum absolute atomic E-state index is 12.7. The van der Waals surface area contributed by atoms with Gasteiger partial charge < -0.3 is 4.52 Å². The van der Waals surface area contributed by atoms with Crippen LogP contribution in [0.25, 0.3) is 10.2 Å². The molecule has 8 heteroatoms. The average molecular weight is 337 g/mol. The smallest absolute Gasteiger partial charge is 0.248 e. The Morgan fingerprint density at radius 2 is 2.00 bits per heavy atom. The molecule has 0 bridgehead atoms. The van der Waals surface area contributed by atoms with Gasteiger partial charge in [0.25, 0.3) is 0 Å². The van der Waals surface area contributed by atoms with Crippen molar-refractivity contribution in [1.82, 2.24) is 14.4 Å². The lowest BCUT2D eigenvalue weighted by Gasteiger charge is -2.15. The highest BCUT2D eigenvalue weighted by atomic mass is 32.2. The summed E-state index contributed by atoms with van der Waals surface area (Å²) in [6.45, 7) is 3.43. The lowest BCUT2D eigenvalue weighted by molar-refractivity contribution is 0.389. The first-order valence-corrected chi connectivity index (χ1v) is 8.89. The number of aromatic nitrogens is 2. The molecule has 6 nitrogen and oxygen atoms in total. The number of sulfonamides is 1.